The lowest BCUT2D eigenvalue weighted by molar-refractivity contribution is -0.115. The van der Waals surface area contributed by atoms with Gasteiger partial charge in [0, 0.05) is 30.9 Å². The molecule has 0 radical (unpaired) electrons. The van der Waals surface area contributed by atoms with Crippen LogP contribution in [0, 0.1) is 6.92 Å². The third kappa shape index (κ3) is 3.96. The third-order valence-electron chi connectivity index (χ3n) is 3.39. The number of carbonyl (C=O) groups excluding carboxylic acids is 1. The summed E-state index contributed by atoms with van der Waals surface area (Å²) in [6.45, 7) is 5.60. The highest BCUT2D eigenvalue weighted by atomic mass is 16.5. The zero-order valence-corrected chi connectivity index (χ0v) is 11.7. The summed E-state index contributed by atoms with van der Waals surface area (Å²) in [6, 6.07) is 5.93. The number of anilines is 2. The first-order valence-corrected chi connectivity index (χ1v) is 6.95. The van der Waals surface area contributed by atoms with Crippen LogP contribution >= 0.6 is 0 Å². The summed E-state index contributed by atoms with van der Waals surface area (Å²) < 4.78 is 5.59. The molecule has 1 aromatic carbocycles. The number of carbonyl (C=O) groups is 1. The normalized spacial score (nSPS) is 18.3. The molecule has 19 heavy (non-hydrogen) atoms. The van der Waals surface area contributed by atoms with E-state index in [9.17, 15) is 4.79 Å². The molecule has 0 spiro atoms. The lowest BCUT2D eigenvalue weighted by Gasteiger charge is -2.15. The van der Waals surface area contributed by atoms with Crippen LogP contribution in [0.3, 0.4) is 0 Å². The predicted octanol–water partition coefficient (Wildman–Crippen LogP) is 2.93. The molecule has 2 rings (SSSR count). The van der Waals surface area contributed by atoms with E-state index < -0.39 is 0 Å². The second-order valence-corrected chi connectivity index (χ2v) is 4.95. The van der Waals surface area contributed by atoms with Crippen LogP contribution in [-0.4, -0.2) is 25.2 Å². The first kappa shape index (κ1) is 13.9. The van der Waals surface area contributed by atoms with Gasteiger partial charge in [-0.2, -0.15) is 0 Å². The Kier molecular flexibility index (Phi) is 4.80. The second kappa shape index (κ2) is 6.57. The molecular weight excluding hydrogens is 240 g/mol. The summed E-state index contributed by atoms with van der Waals surface area (Å²) in [7, 11) is 0. The van der Waals surface area contributed by atoms with Gasteiger partial charge in [-0.1, -0.05) is 13.0 Å². The minimum atomic E-state index is 0.0360. The van der Waals surface area contributed by atoms with E-state index in [0.29, 0.717) is 12.5 Å². The van der Waals surface area contributed by atoms with E-state index in [-0.39, 0.29) is 5.91 Å². The van der Waals surface area contributed by atoms with Crippen molar-refractivity contribution < 1.29 is 9.53 Å². The zero-order chi connectivity index (χ0) is 13.7. The van der Waals surface area contributed by atoms with Gasteiger partial charge in [0.1, 0.15) is 0 Å². The number of amides is 1. The maximum Gasteiger partial charge on any atom is 0.224 e. The first-order chi connectivity index (χ1) is 9.19. The fourth-order valence-corrected chi connectivity index (χ4v) is 2.17. The minimum absolute atomic E-state index is 0.0360. The number of ether oxygens (including phenoxy) is 1. The molecule has 0 saturated carbocycles. The molecule has 1 unspecified atom stereocenters. The first-order valence-electron chi connectivity index (χ1n) is 6.95. The van der Waals surface area contributed by atoms with Crippen LogP contribution in [-0.2, 0) is 9.53 Å². The molecule has 2 N–H and O–H groups in total. The summed E-state index contributed by atoms with van der Waals surface area (Å²) in [6.07, 6.45) is 3.08. The molecule has 0 aliphatic carbocycles. The van der Waals surface area contributed by atoms with Crippen molar-refractivity contribution in [1.82, 2.24) is 0 Å². The quantitative estimate of drug-likeness (QED) is 0.857. The van der Waals surface area contributed by atoms with Crippen molar-refractivity contribution in [2.45, 2.75) is 39.2 Å². The standard InChI is InChI=1S/C15H22N2O2/c1-3-15(18)17-12-7-6-11(2)14(9-12)16-10-13-5-4-8-19-13/h6-7,9,13,16H,3-5,8,10H2,1-2H3,(H,17,18). The highest BCUT2D eigenvalue weighted by molar-refractivity contribution is 5.91. The molecule has 104 valence electrons. The van der Waals surface area contributed by atoms with E-state index >= 15 is 0 Å². The van der Waals surface area contributed by atoms with Crippen LogP contribution in [0.4, 0.5) is 11.4 Å². The van der Waals surface area contributed by atoms with Gasteiger partial charge in [-0.05, 0) is 37.5 Å². The van der Waals surface area contributed by atoms with Crippen molar-refractivity contribution >= 4 is 17.3 Å². The topological polar surface area (TPSA) is 50.4 Å². The lowest BCUT2D eigenvalue weighted by atomic mass is 10.1. The van der Waals surface area contributed by atoms with Crippen molar-refractivity contribution in [3.63, 3.8) is 0 Å². The zero-order valence-electron chi connectivity index (χ0n) is 11.7. The number of rotatable bonds is 5. The number of benzene rings is 1. The van der Waals surface area contributed by atoms with Gasteiger partial charge in [-0.15, -0.1) is 0 Å². The summed E-state index contributed by atoms with van der Waals surface area (Å²) >= 11 is 0. The molecule has 1 aliphatic heterocycles. The number of hydrogen-bond acceptors (Lipinski definition) is 3. The van der Waals surface area contributed by atoms with Crippen molar-refractivity contribution in [2.75, 3.05) is 23.8 Å². The second-order valence-electron chi connectivity index (χ2n) is 4.95. The Morgan fingerprint density at radius 3 is 3.00 bits per heavy atom. The van der Waals surface area contributed by atoms with Gasteiger partial charge in [-0.3, -0.25) is 4.79 Å². The van der Waals surface area contributed by atoms with Crippen LogP contribution in [0.5, 0.6) is 0 Å². The van der Waals surface area contributed by atoms with E-state index in [1.54, 1.807) is 0 Å². The monoisotopic (exact) mass is 262 g/mol. The maximum atomic E-state index is 11.4. The summed E-state index contributed by atoms with van der Waals surface area (Å²) in [5, 5.41) is 6.29. The Hall–Kier alpha value is -1.55. The highest BCUT2D eigenvalue weighted by Gasteiger charge is 2.15. The van der Waals surface area contributed by atoms with E-state index in [1.165, 1.54) is 5.56 Å². The molecule has 1 atom stereocenters. The number of hydrogen-bond donors (Lipinski definition) is 2. The largest absolute Gasteiger partial charge is 0.382 e. The Morgan fingerprint density at radius 1 is 1.47 bits per heavy atom. The van der Waals surface area contributed by atoms with E-state index in [1.807, 2.05) is 25.1 Å². The number of nitrogens with one attached hydrogen (secondary N) is 2. The molecule has 1 fully saturated rings. The molecule has 0 bridgehead atoms. The van der Waals surface area contributed by atoms with Crippen molar-refractivity contribution in [3.8, 4) is 0 Å². The van der Waals surface area contributed by atoms with Crippen LogP contribution in [0.1, 0.15) is 31.7 Å². The molecule has 1 aromatic rings. The SMILES string of the molecule is CCC(=O)Nc1ccc(C)c(NCC2CCCO2)c1. The third-order valence-corrected chi connectivity index (χ3v) is 3.39. The summed E-state index contributed by atoms with van der Waals surface area (Å²) in [4.78, 5) is 11.4. The van der Waals surface area contributed by atoms with Gasteiger partial charge in [-0.25, -0.2) is 0 Å². The van der Waals surface area contributed by atoms with Crippen LogP contribution < -0.4 is 10.6 Å². The Labute approximate surface area is 114 Å². The average Bonchev–Trinajstić information content (AvgIpc) is 2.92. The highest BCUT2D eigenvalue weighted by Crippen LogP contribution is 2.21. The molecule has 1 amide bonds. The van der Waals surface area contributed by atoms with Gasteiger partial charge in [0.2, 0.25) is 5.91 Å². The van der Waals surface area contributed by atoms with Gasteiger partial charge in [0.05, 0.1) is 6.10 Å². The van der Waals surface area contributed by atoms with Crippen LogP contribution in [0.15, 0.2) is 18.2 Å². The smallest absolute Gasteiger partial charge is 0.224 e. The lowest BCUT2D eigenvalue weighted by Crippen LogP contribution is -2.19. The molecular formula is C15H22N2O2. The average molecular weight is 262 g/mol. The van der Waals surface area contributed by atoms with Crippen molar-refractivity contribution in [1.29, 1.82) is 0 Å². The van der Waals surface area contributed by atoms with E-state index in [0.717, 1.165) is 37.4 Å². The maximum absolute atomic E-state index is 11.4. The van der Waals surface area contributed by atoms with Gasteiger partial charge >= 0.3 is 0 Å². The van der Waals surface area contributed by atoms with Crippen molar-refractivity contribution in [3.05, 3.63) is 23.8 Å². The van der Waals surface area contributed by atoms with Crippen LogP contribution in [0.25, 0.3) is 0 Å². The van der Waals surface area contributed by atoms with E-state index in [4.69, 9.17) is 4.74 Å². The van der Waals surface area contributed by atoms with Gasteiger partial charge < -0.3 is 15.4 Å². The fraction of sp³-hybridized carbons (Fsp3) is 0.533. The molecule has 4 nitrogen and oxygen atoms in total. The fourth-order valence-electron chi connectivity index (χ4n) is 2.17. The van der Waals surface area contributed by atoms with Gasteiger partial charge in [0.25, 0.3) is 0 Å². The summed E-state index contributed by atoms with van der Waals surface area (Å²) in [5.41, 5.74) is 3.07. The Balaban J connectivity index is 1.97. The van der Waals surface area contributed by atoms with Gasteiger partial charge in [0.15, 0.2) is 0 Å². The predicted molar refractivity (Wildman–Crippen MR) is 77.6 cm³/mol. The summed E-state index contributed by atoms with van der Waals surface area (Å²) in [5.74, 6) is 0.0360. The van der Waals surface area contributed by atoms with Crippen molar-refractivity contribution in [2.24, 2.45) is 0 Å². The minimum Gasteiger partial charge on any atom is -0.382 e. The Bertz CT molecular complexity index is 440. The number of aryl methyl sites for hydroxylation is 1. The van der Waals surface area contributed by atoms with E-state index in [2.05, 4.69) is 17.6 Å². The molecule has 4 heteroatoms. The van der Waals surface area contributed by atoms with Crippen LogP contribution in [0.2, 0.25) is 0 Å². The molecule has 1 saturated heterocycles. The molecule has 1 heterocycles. The molecule has 1 aliphatic rings. The Morgan fingerprint density at radius 2 is 2.32 bits per heavy atom. The molecule has 0 aromatic heterocycles.